The molecule has 0 atom stereocenters. The molecule has 1 aliphatic heterocycles. The first-order chi connectivity index (χ1) is 10.7. The predicted octanol–water partition coefficient (Wildman–Crippen LogP) is 3.06. The smallest absolute Gasteiger partial charge is 0.224 e. The third kappa shape index (κ3) is 4.10. The summed E-state index contributed by atoms with van der Waals surface area (Å²) in [6.45, 7) is 4.38. The van der Waals surface area contributed by atoms with Crippen molar-refractivity contribution in [1.29, 1.82) is 0 Å². The van der Waals surface area contributed by atoms with Crippen molar-refractivity contribution in [3.8, 4) is 0 Å². The van der Waals surface area contributed by atoms with E-state index in [1.807, 2.05) is 0 Å². The summed E-state index contributed by atoms with van der Waals surface area (Å²) >= 11 is 0. The minimum Gasteiger partial charge on any atom is -0.353 e. The quantitative estimate of drug-likeness (QED) is 0.927. The van der Waals surface area contributed by atoms with E-state index in [1.165, 1.54) is 31.2 Å². The zero-order valence-electron chi connectivity index (χ0n) is 13.7. The molecule has 1 saturated carbocycles. The Morgan fingerprint density at radius 3 is 2.36 bits per heavy atom. The highest BCUT2D eigenvalue weighted by molar-refractivity contribution is 5.78. The minimum absolute atomic E-state index is 0.170. The van der Waals surface area contributed by atoms with Crippen LogP contribution in [0.25, 0.3) is 0 Å². The third-order valence-electron chi connectivity index (χ3n) is 5.22. The summed E-state index contributed by atoms with van der Waals surface area (Å²) < 4.78 is 0. The molecule has 0 spiro atoms. The average Bonchev–Trinajstić information content (AvgIpc) is 3.05. The number of carbonyl (C=O) groups is 1. The van der Waals surface area contributed by atoms with Gasteiger partial charge in [0.05, 0.1) is 6.42 Å². The number of amides is 1. The molecule has 0 bridgehead atoms. The first kappa shape index (κ1) is 15.5. The van der Waals surface area contributed by atoms with Crippen LogP contribution in [0, 0.1) is 6.92 Å². The number of nitrogens with zero attached hydrogens (tertiary/aromatic N) is 1. The molecule has 1 heterocycles. The first-order valence-electron chi connectivity index (χ1n) is 8.79. The van der Waals surface area contributed by atoms with Crippen LogP contribution in [0.4, 0.5) is 0 Å². The molecule has 1 N–H and O–H groups in total. The second-order valence-electron chi connectivity index (χ2n) is 6.98. The van der Waals surface area contributed by atoms with Crippen LogP contribution in [0.1, 0.15) is 49.7 Å². The van der Waals surface area contributed by atoms with Gasteiger partial charge in [-0.05, 0) is 38.2 Å². The van der Waals surface area contributed by atoms with E-state index in [9.17, 15) is 4.79 Å². The number of piperidine rings is 1. The normalized spacial score (nSPS) is 21.1. The highest BCUT2D eigenvalue weighted by atomic mass is 16.1. The van der Waals surface area contributed by atoms with Gasteiger partial charge in [0.25, 0.3) is 0 Å². The van der Waals surface area contributed by atoms with Gasteiger partial charge in [0.15, 0.2) is 0 Å². The molecule has 2 aliphatic rings. The molecule has 1 amide bonds. The van der Waals surface area contributed by atoms with Gasteiger partial charge in [0.2, 0.25) is 5.91 Å². The molecular formula is C19H28N2O. The Morgan fingerprint density at radius 2 is 1.73 bits per heavy atom. The topological polar surface area (TPSA) is 32.3 Å². The van der Waals surface area contributed by atoms with Crippen molar-refractivity contribution in [3.63, 3.8) is 0 Å². The first-order valence-corrected chi connectivity index (χ1v) is 8.79. The van der Waals surface area contributed by atoms with Crippen LogP contribution in [0.2, 0.25) is 0 Å². The van der Waals surface area contributed by atoms with Crippen LogP contribution in [0.15, 0.2) is 24.3 Å². The van der Waals surface area contributed by atoms with E-state index >= 15 is 0 Å². The summed E-state index contributed by atoms with van der Waals surface area (Å²) in [5.74, 6) is 0.170. The van der Waals surface area contributed by atoms with Crippen molar-refractivity contribution in [3.05, 3.63) is 35.4 Å². The SMILES string of the molecule is Cc1ccc(CC(=O)NC2CCN(C3CCCC3)CC2)cc1. The lowest BCUT2D eigenvalue weighted by atomic mass is 10.0. The molecular weight excluding hydrogens is 272 g/mol. The lowest BCUT2D eigenvalue weighted by Gasteiger charge is -2.36. The lowest BCUT2D eigenvalue weighted by molar-refractivity contribution is -0.121. The molecule has 1 aromatic carbocycles. The molecule has 3 heteroatoms. The fraction of sp³-hybridized carbons (Fsp3) is 0.632. The maximum Gasteiger partial charge on any atom is 0.224 e. The number of hydrogen-bond acceptors (Lipinski definition) is 2. The molecule has 3 nitrogen and oxygen atoms in total. The lowest BCUT2D eigenvalue weighted by Crippen LogP contribution is -2.47. The van der Waals surface area contributed by atoms with Gasteiger partial charge in [-0.2, -0.15) is 0 Å². The van der Waals surface area contributed by atoms with Crippen LogP contribution < -0.4 is 5.32 Å². The van der Waals surface area contributed by atoms with Gasteiger partial charge in [-0.1, -0.05) is 42.7 Å². The predicted molar refractivity (Wildman–Crippen MR) is 89.9 cm³/mol. The van der Waals surface area contributed by atoms with Crippen molar-refractivity contribution in [2.24, 2.45) is 0 Å². The zero-order valence-corrected chi connectivity index (χ0v) is 13.7. The Balaban J connectivity index is 1.42. The Kier molecular flexibility index (Phi) is 5.14. The van der Waals surface area contributed by atoms with E-state index in [0.717, 1.165) is 37.5 Å². The van der Waals surface area contributed by atoms with Gasteiger partial charge in [0, 0.05) is 25.2 Å². The third-order valence-corrected chi connectivity index (χ3v) is 5.22. The maximum absolute atomic E-state index is 12.2. The minimum atomic E-state index is 0.170. The van der Waals surface area contributed by atoms with Gasteiger partial charge in [-0.3, -0.25) is 4.79 Å². The average molecular weight is 300 g/mol. The fourth-order valence-electron chi connectivity index (χ4n) is 3.85. The van der Waals surface area contributed by atoms with E-state index in [-0.39, 0.29) is 5.91 Å². The van der Waals surface area contributed by atoms with Gasteiger partial charge >= 0.3 is 0 Å². The summed E-state index contributed by atoms with van der Waals surface area (Å²) in [6.07, 6.45) is 8.28. The summed E-state index contributed by atoms with van der Waals surface area (Å²) in [6, 6.07) is 9.44. The van der Waals surface area contributed by atoms with Crippen molar-refractivity contribution in [1.82, 2.24) is 10.2 Å². The largest absolute Gasteiger partial charge is 0.353 e. The summed E-state index contributed by atoms with van der Waals surface area (Å²) in [4.78, 5) is 14.8. The van der Waals surface area contributed by atoms with Crippen LogP contribution in [0.5, 0.6) is 0 Å². The van der Waals surface area contributed by atoms with Gasteiger partial charge in [-0.25, -0.2) is 0 Å². The molecule has 0 radical (unpaired) electrons. The van der Waals surface area contributed by atoms with Crippen LogP contribution in [0.3, 0.4) is 0 Å². The van der Waals surface area contributed by atoms with Crippen molar-refractivity contribution in [2.45, 2.75) is 64.0 Å². The fourth-order valence-corrected chi connectivity index (χ4v) is 3.85. The maximum atomic E-state index is 12.2. The van der Waals surface area contributed by atoms with E-state index in [2.05, 4.69) is 41.4 Å². The zero-order chi connectivity index (χ0) is 15.4. The van der Waals surface area contributed by atoms with Crippen molar-refractivity contribution >= 4 is 5.91 Å². The van der Waals surface area contributed by atoms with Gasteiger partial charge in [0.1, 0.15) is 0 Å². The van der Waals surface area contributed by atoms with Gasteiger partial charge in [-0.15, -0.1) is 0 Å². The molecule has 2 fully saturated rings. The summed E-state index contributed by atoms with van der Waals surface area (Å²) in [7, 11) is 0. The van der Waals surface area contributed by atoms with E-state index < -0.39 is 0 Å². The standard InChI is InChI=1S/C19H28N2O/c1-15-6-8-16(9-7-15)14-19(22)20-17-10-12-21(13-11-17)18-4-2-3-5-18/h6-9,17-18H,2-5,10-14H2,1H3,(H,20,22). The molecule has 22 heavy (non-hydrogen) atoms. The van der Waals surface area contributed by atoms with Crippen molar-refractivity contribution < 1.29 is 4.79 Å². The number of rotatable bonds is 4. The molecule has 0 unspecified atom stereocenters. The Morgan fingerprint density at radius 1 is 1.09 bits per heavy atom. The second kappa shape index (κ2) is 7.28. The highest BCUT2D eigenvalue weighted by Gasteiger charge is 2.27. The number of likely N-dealkylation sites (tertiary alicyclic amines) is 1. The molecule has 1 saturated heterocycles. The van der Waals surface area contributed by atoms with E-state index in [1.54, 1.807) is 0 Å². The van der Waals surface area contributed by atoms with Crippen LogP contribution in [-0.2, 0) is 11.2 Å². The Labute approximate surface area is 134 Å². The number of nitrogens with one attached hydrogen (secondary N) is 1. The number of benzene rings is 1. The molecule has 0 aromatic heterocycles. The van der Waals surface area contributed by atoms with Crippen LogP contribution >= 0.6 is 0 Å². The van der Waals surface area contributed by atoms with E-state index in [4.69, 9.17) is 0 Å². The second-order valence-corrected chi connectivity index (χ2v) is 6.98. The summed E-state index contributed by atoms with van der Waals surface area (Å²) in [5, 5.41) is 3.23. The molecule has 120 valence electrons. The van der Waals surface area contributed by atoms with Crippen LogP contribution in [-0.4, -0.2) is 36.0 Å². The van der Waals surface area contributed by atoms with E-state index in [0.29, 0.717) is 12.5 Å². The monoisotopic (exact) mass is 300 g/mol. The van der Waals surface area contributed by atoms with Gasteiger partial charge < -0.3 is 10.2 Å². The number of aryl methyl sites for hydroxylation is 1. The number of hydrogen-bond donors (Lipinski definition) is 1. The number of carbonyl (C=O) groups excluding carboxylic acids is 1. The molecule has 1 aromatic rings. The Bertz CT molecular complexity index is 483. The molecule has 1 aliphatic carbocycles. The Hall–Kier alpha value is -1.35. The summed E-state index contributed by atoms with van der Waals surface area (Å²) in [5.41, 5.74) is 2.34. The van der Waals surface area contributed by atoms with Crippen molar-refractivity contribution in [2.75, 3.05) is 13.1 Å². The highest BCUT2D eigenvalue weighted by Crippen LogP contribution is 2.26. The molecule has 3 rings (SSSR count).